The van der Waals surface area contributed by atoms with Crippen molar-refractivity contribution >= 4 is 12.0 Å². The maximum absolute atomic E-state index is 12.9. The molecule has 2 amide bonds. The van der Waals surface area contributed by atoms with E-state index < -0.39 is 24.0 Å². The van der Waals surface area contributed by atoms with E-state index in [4.69, 9.17) is 14.2 Å². The number of aliphatic hydroxyl groups excluding tert-OH is 1. The maximum atomic E-state index is 12.9. The van der Waals surface area contributed by atoms with E-state index in [1.165, 1.54) is 6.08 Å². The predicted molar refractivity (Wildman–Crippen MR) is 119 cm³/mol. The molecule has 170 valence electrons. The minimum absolute atomic E-state index is 0.150. The molecular weight excluding hydrogens is 410 g/mol. The predicted octanol–water partition coefficient (Wildman–Crippen LogP) is 3.36. The molecular formula is C25H29NO6. The molecule has 1 saturated heterocycles. The van der Waals surface area contributed by atoms with Crippen LogP contribution >= 0.6 is 0 Å². The molecule has 2 aromatic rings. The van der Waals surface area contributed by atoms with Crippen molar-refractivity contribution in [3.63, 3.8) is 0 Å². The van der Waals surface area contributed by atoms with Gasteiger partial charge >= 0.3 is 6.09 Å². The number of rotatable bonds is 10. The quantitative estimate of drug-likeness (QED) is 0.451. The summed E-state index contributed by atoms with van der Waals surface area (Å²) in [5.74, 6) is -0.468. The topological polar surface area (TPSA) is 85.3 Å². The first-order valence-electron chi connectivity index (χ1n) is 10.6. The standard InChI is InChI=1S/C25H29NO6/c1-18(23(27)9-6-14-31-16-20-10-12-22(30-2)13-11-20)24(28)26-21(17-32-25(26)29)15-19-7-4-3-5-8-19/h3-13,18,21,23,27H,14-17H2,1-2H3/b9-6+/t18-,21-,23+/m0/s1. The fourth-order valence-corrected chi connectivity index (χ4v) is 3.46. The van der Waals surface area contributed by atoms with Gasteiger partial charge in [0.25, 0.3) is 0 Å². The van der Waals surface area contributed by atoms with Gasteiger partial charge in [-0.15, -0.1) is 0 Å². The summed E-state index contributed by atoms with van der Waals surface area (Å²) in [4.78, 5) is 26.2. The van der Waals surface area contributed by atoms with Crippen LogP contribution in [0, 0.1) is 5.92 Å². The van der Waals surface area contributed by atoms with Crippen LogP contribution in [-0.2, 0) is 27.3 Å². The van der Waals surface area contributed by atoms with Crippen molar-refractivity contribution in [2.75, 3.05) is 20.3 Å². The summed E-state index contributed by atoms with van der Waals surface area (Å²) in [6.45, 7) is 2.45. The maximum Gasteiger partial charge on any atom is 0.416 e. The van der Waals surface area contributed by atoms with E-state index in [0.29, 0.717) is 13.0 Å². The van der Waals surface area contributed by atoms with E-state index in [1.807, 2.05) is 54.6 Å². The van der Waals surface area contributed by atoms with Gasteiger partial charge in [0.15, 0.2) is 0 Å². The van der Waals surface area contributed by atoms with E-state index in [0.717, 1.165) is 21.8 Å². The lowest BCUT2D eigenvalue weighted by Crippen LogP contribution is -2.45. The normalized spacial score (nSPS) is 17.9. The second-order valence-electron chi connectivity index (χ2n) is 7.70. The fraction of sp³-hybridized carbons (Fsp3) is 0.360. The Bertz CT molecular complexity index is 912. The molecule has 0 bridgehead atoms. The van der Waals surface area contributed by atoms with Crippen molar-refractivity contribution in [1.29, 1.82) is 0 Å². The van der Waals surface area contributed by atoms with Gasteiger partial charge in [0, 0.05) is 0 Å². The van der Waals surface area contributed by atoms with Crippen LogP contribution in [-0.4, -0.2) is 54.5 Å². The number of carbonyl (C=O) groups excluding carboxylic acids is 2. The van der Waals surface area contributed by atoms with Crippen LogP contribution in [0.5, 0.6) is 5.75 Å². The highest BCUT2D eigenvalue weighted by atomic mass is 16.6. The molecule has 0 aliphatic carbocycles. The molecule has 2 aromatic carbocycles. The van der Waals surface area contributed by atoms with Gasteiger partial charge in [-0.1, -0.05) is 61.5 Å². The first kappa shape index (κ1) is 23.5. The van der Waals surface area contributed by atoms with Gasteiger partial charge in [-0.25, -0.2) is 9.69 Å². The minimum atomic E-state index is -1.04. The van der Waals surface area contributed by atoms with Crippen LogP contribution in [0.1, 0.15) is 18.1 Å². The van der Waals surface area contributed by atoms with Crippen LogP contribution in [0.2, 0.25) is 0 Å². The van der Waals surface area contributed by atoms with Gasteiger partial charge in [0.1, 0.15) is 12.4 Å². The average molecular weight is 440 g/mol. The number of benzene rings is 2. The Kier molecular flexibility index (Phi) is 8.41. The first-order valence-corrected chi connectivity index (χ1v) is 10.6. The van der Waals surface area contributed by atoms with Gasteiger partial charge in [0.05, 0.1) is 38.4 Å². The van der Waals surface area contributed by atoms with E-state index in [9.17, 15) is 14.7 Å². The number of imide groups is 1. The van der Waals surface area contributed by atoms with Gasteiger partial charge in [-0.05, 0) is 29.7 Å². The van der Waals surface area contributed by atoms with Gasteiger partial charge in [0.2, 0.25) is 5.91 Å². The van der Waals surface area contributed by atoms with Gasteiger partial charge in [-0.3, -0.25) is 4.79 Å². The lowest BCUT2D eigenvalue weighted by molar-refractivity contribution is -0.135. The first-order chi connectivity index (χ1) is 15.5. The minimum Gasteiger partial charge on any atom is -0.497 e. The molecule has 7 nitrogen and oxygen atoms in total. The Labute approximate surface area is 188 Å². The van der Waals surface area contributed by atoms with E-state index in [1.54, 1.807) is 20.1 Å². The number of nitrogens with zero attached hydrogens (tertiary/aromatic N) is 1. The molecule has 1 N–H and O–H groups in total. The molecule has 0 radical (unpaired) electrons. The number of cyclic esters (lactones) is 1. The van der Waals surface area contributed by atoms with Gasteiger partial charge in [-0.2, -0.15) is 0 Å². The number of methoxy groups -OCH3 is 1. The number of ether oxygens (including phenoxy) is 3. The molecule has 3 rings (SSSR count). The van der Waals surface area contributed by atoms with Crippen LogP contribution in [0.15, 0.2) is 66.7 Å². The molecule has 1 heterocycles. The summed E-state index contributed by atoms with van der Waals surface area (Å²) in [7, 11) is 1.61. The molecule has 0 saturated carbocycles. The highest BCUT2D eigenvalue weighted by Gasteiger charge is 2.40. The second kappa shape index (κ2) is 11.5. The summed E-state index contributed by atoms with van der Waals surface area (Å²) in [6.07, 6.45) is 1.99. The SMILES string of the molecule is COc1ccc(COC/C=C/[C@@H](O)[C@H](C)C(=O)N2C(=O)OC[C@@H]2Cc2ccccc2)cc1. The van der Waals surface area contributed by atoms with E-state index >= 15 is 0 Å². The summed E-state index contributed by atoms with van der Waals surface area (Å²) in [5.41, 5.74) is 2.01. The molecule has 0 spiro atoms. The Morgan fingerprint density at radius 2 is 1.91 bits per heavy atom. The summed E-state index contributed by atoms with van der Waals surface area (Å²) < 4.78 is 15.8. The highest BCUT2D eigenvalue weighted by molar-refractivity contribution is 5.95. The van der Waals surface area contributed by atoms with Crippen LogP contribution < -0.4 is 4.74 Å². The van der Waals surface area contributed by atoms with Crippen LogP contribution in [0.3, 0.4) is 0 Å². The number of amides is 2. The zero-order valence-corrected chi connectivity index (χ0v) is 18.3. The third-order valence-electron chi connectivity index (χ3n) is 5.39. The number of hydrogen-bond donors (Lipinski definition) is 1. The van der Waals surface area contributed by atoms with Crippen molar-refractivity contribution in [3.05, 3.63) is 77.9 Å². The van der Waals surface area contributed by atoms with Crippen molar-refractivity contribution in [3.8, 4) is 5.75 Å². The molecule has 7 heteroatoms. The summed E-state index contributed by atoms with van der Waals surface area (Å²) in [6, 6.07) is 16.8. The third-order valence-corrected chi connectivity index (χ3v) is 5.39. The Balaban J connectivity index is 1.49. The molecule has 1 aliphatic heterocycles. The highest BCUT2D eigenvalue weighted by Crippen LogP contribution is 2.21. The third kappa shape index (κ3) is 6.18. The lowest BCUT2D eigenvalue weighted by Gasteiger charge is -2.24. The Morgan fingerprint density at radius 1 is 1.19 bits per heavy atom. The van der Waals surface area contributed by atoms with Gasteiger partial charge < -0.3 is 19.3 Å². The number of hydrogen-bond acceptors (Lipinski definition) is 6. The van der Waals surface area contributed by atoms with E-state index in [2.05, 4.69) is 0 Å². The summed E-state index contributed by atoms with van der Waals surface area (Å²) in [5, 5.41) is 10.4. The smallest absolute Gasteiger partial charge is 0.416 e. The van der Waals surface area contributed by atoms with Crippen molar-refractivity contribution in [2.24, 2.45) is 5.92 Å². The monoisotopic (exact) mass is 439 g/mol. The van der Waals surface area contributed by atoms with Crippen LogP contribution in [0.25, 0.3) is 0 Å². The molecule has 32 heavy (non-hydrogen) atoms. The van der Waals surface area contributed by atoms with Crippen molar-refractivity contribution < 1.29 is 28.9 Å². The second-order valence-corrected chi connectivity index (χ2v) is 7.70. The molecule has 0 aromatic heterocycles. The van der Waals surface area contributed by atoms with E-state index in [-0.39, 0.29) is 19.3 Å². The molecule has 0 unspecified atom stereocenters. The largest absolute Gasteiger partial charge is 0.497 e. The Hall–Kier alpha value is -3.16. The lowest BCUT2D eigenvalue weighted by atomic mass is 10.00. The number of aliphatic hydroxyl groups is 1. The summed E-state index contributed by atoms with van der Waals surface area (Å²) >= 11 is 0. The molecule has 3 atom stereocenters. The fourth-order valence-electron chi connectivity index (χ4n) is 3.46. The Morgan fingerprint density at radius 3 is 2.59 bits per heavy atom. The molecule has 1 fully saturated rings. The number of carbonyl (C=O) groups is 2. The van der Waals surface area contributed by atoms with Crippen molar-refractivity contribution in [1.82, 2.24) is 4.90 Å². The van der Waals surface area contributed by atoms with Crippen LogP contribution in [0.4, 0.5) is 4.79 Å². The zero-order chi connectivity index (χ0) is 22.9. The zero-order valence-electron chi connectivity index (χ0n) is 18.3. The average Bonchev–Trinajstić information content (AvgIpc) is 3.18. The van der Waals surface area contributed by atoms with Crippen molar-refractivity contribution in [2.45, 2.75) is 32.1 Å². The molecule has 1 aliphatic rings.